The number of rotatable bonds is 2. The lowest BCUT2D eigenvalue weighted by Gasteiger charge is -2.31. The smallest absolute Gasteiger partial charge is 0.224 e. The second kappa shape index (κ2) is 6.55. The van der Waals surface area contributed by atoms with Crippen molar-refractivity contribution in [2.45, 2.75) is 58.4 Å². The normalized spacial score (nSPS) is 34.1. The van der Waals surface area contributed by atoms with E-state index in [9.17, 15) is 4.79 Å². The summed E-state index contributed by atoms with van der Waals surface area (Å²) in [7, 11) is 0. The van der Waals surface area contributed by atoms with Crippen molar-refractivity contribution < 1.29 is 4.79 Å². The number of carbonyl (C=O) groups excluding carboxylic acids is 1. The van der Waals surface area contributed by atoms with Gasteiger partial charge in [-0.05, 0) is 50.5 Å². The highest BCUT2D eigenvalue weighted by molar-refractivity contribution is 5.76. The fourth-order valence-electron chi connectivity index (χ4n) is 3.22. The van der Waals surface area contributed by atoms with Gasteiger partial charge in [0.25, 0.3) is 0 Å². The van der Waals surface area contributed by atoms with E-state index in [1.165, 1.54) is 32.1 Å². The molecule has 2 aliphatic rings. The third-order valence-corrected chi connectivity index (χ3v) is 4.69. The number of nitrogens with one attached hydrogen (secondary N) is 1. The van der Waals surface area contributed by atoms with Crippen molar-refractivity contribution in [1.29, 1.82) is 0 Å². The molecule has 2 fully saturated rings. The average molecular weight is 252 g/mol. The second-order valence-electron chi connectivity index (χ2n) is 6.30. The van der Waals surface area contributed by atoms with E-state index in [0.717, 1.165) is 25.6 Å². The molecule has 0 aliphatic carbocycles. The van der Waals surface area contributed by atoms with Gasteiger partial charge in [0.15, 0.2) is 0 Å². The first-order valence-corrected chi connectivity index (χ1v) is 7.68. The van der Waals surface area contributed by atoms with Crippen LogP contribution in [0.2, 0.25) is 0 Å². The summed E-state index contributed by atoms with van der Waals surface area (Å²) >= 11 is 0. The minimum absolute atomic E-state index is 0.371. The summed E-state index contributed by atoms with van der Waals surface area (Å²) in [6.07, 6.45) is 6.87. The zero-order valence-corrected chi connectivity index (χ0v) is 12.0. The van der Waals surface area contributed by atoms with E-state index in [2.05, 4.69) is 24.1 Å². The predicted octanol–water partition coefficient (Wildman–Crippen LogP) is 2.41. The van der Waals surface area contributed by atoms with E-state index in [1.807, 2.05) is 0 Å². The fraction of sp³-hybridized carbons (Fsp3) is 0.933. The Kier molecular flexibility index (Phi) is 5.04. The lowest BCUT2D eigenvalue weighted by atomic mass is 9.90. The monoisotopic (exact) mass is 252 g/mol. The van der Waals surface area contributed by atoms with Gasteiger partial charge in [-0.2, -0.15) is 0 Å². The number of piperidine rings is 1. The third-order valence-electron chi connectivity index (χ3n) is 4.69. The maximum absolute atomic E-state index is 12.4. The SMILES string of the molecule is CC1CCCN(C(=O)CC2NCCCC2C)CC1. The van der Waals surface area contributed by atoms with E-state index >= 15 is 0 Å². The van der Waals surface area contributed by atoms with Crippen LogP contribution in [0.4, 0.5) is 0 Å². The molecule has 0 radical (unpaired) electrons. The van der Waals surface area contributed by atoms with Crippen LogP contribution in [-0.4, -0.2) is 36.5 Å². The number of amides is 1. The van der Waals surface area contributed by atoms with Gasteiger partial charge in [-0.25, -0.2) is 0 Å². The standard InChI is InChI=1S/C15H28N2O/c1-12-5-4-9-17(10-7-12)15(18)11-14-13(2)6-3-8-16-14/h12-14,16H,3-11H2,1-2H3. The molecular formula is C15H28N2O. The number of hydrogen-bond donors (Lipinski definition) is 1. The molecule has 0 aromatic heterocycles. The van der Waals surface area contributed by atoms with E-state index in [0.29, 0.717) is 24.3 Å². The van der Waals surface area contributed by atoms with E-state index in [4.69, 9.17) is 0 Å². The third kappa shape index (κ3) is 3.71. The summed E-state index contributed by atoms with van der Waals surface area (Å²) in [6.45, 7) is 7.61. The largest absolute Gasteiger partial charge is 0.343 e. The van der Waals surface area contributed by atoms with Gasteiger partial charge in [-0.3, -0.25) is 4.79 Å². The average Bonchev–Trinajstić information content (AvgIpc) is 2.57. The van der Waals surface area contributed by atoms with Gasteiger partial charge in [-0.1, -0.05) is 13.8 Å². The Hall–Kier alpha value is -0.570. The molecule has 18 heavy (non-hydrogen) atoms. The number of likely N-dealkylation sites (tertiary alicyclic amines) is 1. The topological polar surface area (TPSA) is 32.3 Å². The first kappa shape index (κ1) is 13.9. The summed E-state index contributed by atoms with van der Waals surface area (Å²) in [6, 6.07) is 0.409. The molecule has 0 saturated carbocycles. The number of hydrogen-bond acceptors (Lipinski definition) is 2. The molecule has 3 unspecified atom stereocenters. The van der Waals surface area contributed by atoms with Crippen molar-refractivity contribution in [2.24, 2.45) is 11.8 Å². The molecule has 0 spiro atoms. The van der Waals surface area contributed by atoms with E-state index in [1.54, 1.807) is 0 Å². The van der Waals surface area contributed by atoms with Gasteiger partial charge in [0, 0.05) is 25.6 Å². The molecule has 2 heterocycles. The maximum Gasteiger partial charge on any atom is 0.224 e. The summed E-state index contributed by atoms with van der Waals surface area (Å²) < 4.78 is 0. The Bertz CT molecular complexity index is 280. The van der Waals surface area contributed by atoms with Crippen LogP contribution < -0.4 is 5.32 Å². The molecule has 104 valence electrons. The highest BCUT2D eigenvalue weighted by atomic mass is 16.2. The molecule has 0 aromatic rings. The number of carbonyl (C=O) groups is 1. The van der Waals surface area contributed by atoms with Crippen LogP contribution in [-0.2, 0) is 4.79 Å². The van der Waals surface area contributed by atoms with Crippen LogP contribution in [0.1, 0.15) is 52.4 Å². The summed E-state index contributed by atoms with van der Waals surface area (Å²) in [5, 5.41) is 3.52. The molecule has 1 N–H and O–H groups in total. The molecule has 2 saturated heterocycles. The number of nitrogens with zero attached hydrogens (tertiary/aromatic N) is 1. The summed E-state index contributed by atoms with van der Waals surface area (Å²) in [4.78, 5) is 14.5. The van der Waals surface area contributed by atoms with Crippen LogP contribution in [0.15, 0.2) is 0 Å². The van der Waals surface area contributed by atoms with Crippen molar-refractivity contribution in [3.63, 3.8) is 0 Å². The van der Waals surface area contributed by atoms with Gasteiger partial charge in [0.05, 0.1) is 0 Å². The Morgan fingerprint density at radius 1 is 1.17 bits per heavy atom. The molecule has 2 aliphatic heterocycles. The van der Waals surface area contributed by atoms with Crippen LogP contribution in [0.3, 0.4) is 0 Å². The minimum Gasteiger partial charge on any atom is -0.343 e. The van der Waals surface area contributed by atoms with Crippen molar-refractivity contribution in [3.05, 3.63) is 0 Å². The van der Waals surface area contributed by atoms with Crippen LogP contribution in [0.5, 0.6) is 0 Å². The zero-order chi connectivity index (χ0) is 13.0. The van der Waals surface area contributed by atoms with Gasteiger partial charge >= 0.3 is 0 Å². The second-order valence-corrected chi connectivity index (χ2v) is 6.30. The lowest BCUT2D eigenvalue weighted by molar-refractivity contribution is -0.132. The van der Waals surface area contributed by atoms with E-state index in [-0.39, 0.29) is 0 Å². The maximum atomic E-state index is 12.4. The van der Waals surface area contributed by atoms with Crippen molar-refractivity contribution in [2.75, 3.05) is 19.6 Å². The Balaban J connectivity index is 1.82. The van der Waals surface area contributed by atoms with Crippen molar-refractivity contribution in [1.82, 2.24) is 10.2 Å². The van der Waals surface area contributed by atoms with Gasteiger partial charge in [0.1, 0.15) is 0 Å². The Labute approximate surface area is 111 Å². The van der Waals surface area contributed by atoms with Gasteiger partial charge < -0.3 is 10.2 Å². The van der Waals surface area contributed by atoms with Gasteiger partial charge in [0.2, 0.25) is 5.91 Å². The first-order valence-electron chi connectivity index (χ1n) is 7.68. The molecule has 3 heteroatoms. The molecule has 0 bridgehead atoms. The molecule has 0 aromatic carbocycles. The van der Waals surface area contributed by atoms with Crippen LogP contribution in [0, 0.1) is 11.8 Å². The van der Waals surface area contributed by atoms with Crippen LogP contribution >= 0.6 is 0 Å². The lowest BCUT2D eigenvalue weighted by Crippen LogP contribution is -2.44. The fourth-order valence-corrected chi connectivity index (χ4v) is 3.22. The summed E-state index contributed by atoms with van der Waals surface area (Å²) in [5.74, 6) is 1.80. The predicted molar refractivity (Wildman–Crippen MR) is 74.4 cm³/mol. The van der Waals surface area contributed by atoms with E-state index < -0.39 is 0 Å². The highest BCUT2D eigenvalue weighted by Gasteiger charge is 2.26. The first-order chi connectivity index (χ1) is 8.66. The van der Waals surface area contributed by atoms with Crippen molar-refractivity contribution >= 4 is 5.91 Å². The molecule has 2 rings (SSSR count). The quantitative estimate of drug-likeness (QED) is 0.818. The highest BCUT2D eigenvalue weighted by Crippen LogP contribution is 2.21. The van der Waals surface area contributed by atoms with Gasteiger partial charge in [-0.15, -0.1) is 0 Å². The molecule has 3 nitrogen and oxygen atoms in total. The van der Waals surface area contributed by atoms with Crippen molar-refractivity contribution in [3.8, 4) is 0 Å². The molecular weight excluding hydrogens is 224 g/mol. The Morgan fingerprint density at radius 3 is 2.78 bits per heavy atom. The summed E-state index contributed by atoms with van der Waals surface area (Å²) in [5.41, 5.74) is 0. The van der Waals surface area contributed by atoms with Crippen LogP contribution in [0.25, 0.3) is 0 Å². The minimum atomic E-state index is 0.371. The molecule has 1 amide bonds. The Morgan fingerprint density at radius 2 is 2.00 bits per heavy atom. The zero-order valence-electron chi connectivity index (χ0n) is 12.0. The molecule has 3 atom stereocenters.